The van der Waals surface area contributed by atoms with Crippen molar-refractivity contribution >= 4 is 22.2 Å². The number of aromatic nitrogens is 2. The molecule has 108 valence electrons. The smallest absolute Gasteiger partial charge is 0.234 e. The topological polar surface area (TPSA) is 58.4 Å². The first-order chi connectivity index (χ1) is 10.3. The number of hydrogen-bond acceptors (Lipinski definition) is 4. The summed E-state index contributed by atoms with van der Waals surface area (Å²) in [6.45, 7) is 1.44. The molecule has 0 saturated heterocycles. The molecule has 1 aromatic carbocycles. The first-order valence-corrected chi connectivity index (χ1v) is 7.61. The number of benzene rings is 1. The molecular formula is C15H16N4OS. The van der Waals surface area contributed by atoms with Crippen LogP contribution in [0.2, 0.25) is 0 Å². The molecule has 0 aliphatic carbocycles. The van der Waals surface area contributed by atoms with Crippen LogP contribution in [0.1, 0.15) is 11.3 Å². The Hall–Kier alpha value is -2.18. The second-order valence-corrected chi connectivity index (χ2v) is 5.56. The van der Waals surface area contributed by atoms with Gasteiger partial charge in [-0.25, -0.2) is 4.98 Å². The highest BCUT2D eigenvalue weighted by Crippen LogP contribution is 2.10. The number of hydrogen-bond donors (Lipinski definition) is 2. The fraction of sp³-hybridized carbons (Fsp3) is 0.200. The number of nitrogens with one attached hydrogen (secondary N) is 2. The highest BCUT2D eigenvalue weighted by molar-refractivity contribution is 7.15. The lowest BCUT2D eigenvalue weighted by Crippen LogP contribution is -2.33. The Bertz CT molecular complexity index is 691. The molecule has 0 bridgehead atoms. The lowest BCUT2D eigenvalue weighted by Gasteiger charge is -2.05. The van der Waals surface area contributed by atoms with Crippen LogP contribution in [0.25, 0.3) is 4.96 Å². The Balaban J connectivity index is 1.40. The zero-order valence-corrected chi connectivity index (χ0v) is 12.3. The van der Waals surface area contributed by atoms with Crippen LogP contribution in [0.15, 0.2) is 48.1 Å². The standard InChI is InChI=1S/C15H16N4OS/c20-14(17-8-12-4-2-1-3-5-12)10-16-9-13-11-19-6-7-21-15(19)18-13/h1-7,11,16H,8-10H2,(H,17,20). The second kappa shape index (κ2) is 6.51. The highest BCUT2D eigenvalue weighted by atomic mass is 32.1. The van der Waals surface area contributed by atoms with Crippen LogP contribution in [-0.2, 0) is 17.9 Å². The predicted octanol–water partition coefficient (Wildman–Crippen LogP) is 1.80. The molecule has 3 aromatic rings. The molecule has 0 atom stereocenters. The SMILES string of the molecule is O=C(CNCc1cn2ccsc2n1)NCc1ccccc1. The summed E-state index contributed by atoms with van der Waals surface area (Å²) >= 11 is 1.60. The van der Waals surface area contributed by atoms with E-state index in [1.807, 2.05) is 52.5 Å². The van der Waals surface area contributed by atoms with Crippen LogP contribution in [0, 0.1) is 0 Å². The molecule has 3 rings (SSSR count). The molecule has 0 spiro atoms. The van der Waals surface area contributed by atoms with Gasteiger partial charge in [0, 0.05) is 30.9 Å². The summed E-state index contributed by atoms with van der Waals surface area (Å²) < 4.78 is 1.98. The van der Waals surface area contributed by atoms with Gasteiger partial charge in [0.25, 0.3) is 0 Å². The average Bonchev–Trinajstić information content (AvgIpc) is 3.07. The molecule has 2 N–H and O–H groups in total. The van der Waals surface area contributed by atoms with E-state index in [9.17, 15) is 4.79 Å². The number of imidazole rings is 1. The molecule has 0 saturated carbocycles. The third-order valence-corrected chi connectivity index (χ3v) is 3.84. The lowest BCUT2D eigenvalue weighted by molar-refractivity contribution is -0.120. The zero-order valence-electron chi connectivity index (χ0n) is 11.5. The maximum absolute atomic E-state index is 11.7. The summed E-state index contributed by atoms with van der Waals surface area (Å²) in [5.41, 5.74) is 2.04. The van der Waals surface area contributed by atoms with Gasteiger partial charge in [-0.15, -0.1) is 11.3 Å². The van der Waals surface area contributed by atoms with Gasteiger partial charge in [-0.05, 0) is 5.56 Å². The molecular weight excluding hydrogens is 284 g/mol. The van der Waals surface area contributed by atoms with Crippen molar-refractivity contribution in [3.8, 4) is 0 Å². The van der Waals surface area contributed by atoms with E-state index in [4.69, 9.17) is 0 Å². The Morgan fingerprint density at radius 1 is 1.24 bits per heavy atom. The molecule has 21 heavy (non-hydrogen) atoms. The quantitative estimate of drug-likeness (QED) is 0.730. The highest BCUT2D eigenvalue weighted by Gasteiger charge is 2.04. The first-order valence-electron chi connectivity index (χ1n) is 6.74. The third kappa shape index (κ3) is 3.68. The van der Waals surface area contributed by atoms with Gasteiger partial charge in [0.1, 0.15) is 0 Å². The molecule has 0 radical (unpaired) electrons. The minimum absolute atomic E-state index is 0.0140. The number of carbonyl (C=O) groups is 1. The third-order valence-electron chi connectivity index (χ3n) is 3.07. The first kappa shape index (κ1) is 13.8. The molecule has 0 fully saturated rings. The predicted molar refractivity (Wildman–Crippen MR) is 83.1 cm³/mol. The number of rotatable bonds is 6. The van der Waals surface area contributed by atoms with Crippen molar-refractivity contribution in [1.82, 2.24) is 20.0 Å². The van der Waals surface area contributed by atoms with E-state index in [1.165, 1.54) is 0 Å². The van der Waals surface area contributed by atoms with Crippen LogP contribution in [0.5, 0.6) is 0 Å². The van der Waals surface area contributed by atoms with Gasteiger partial charge in [-0.3, -0.25) is 9.20 Å². The van der Waals surface area contributed by atoms with Gasteiger partial charge in [0.15, 0.2) is 4.96 Å². The van der Waals surface area contributed by atoms with Gasteiger partial charge < -0.3 is 10.6 Å². The normalized spacial score (nSPS) is 10.9. The van der Waals surface area contributed by atoms with E-state index in [-0.39, 0.29) is 12.5 Å². The largest absolute Gasteiger partial charge is 0.351 e. The van der Waals surface area contributed by atoms with Gasteiger partial charge in [0.2, 0.25) is 5.91 Å². The molecule has 6 heteroatoms. The van der Waals surface area contributed by atoms with E-state index in [0.29, 0.717) is 13.1 Å². The number of nitrogens with zero attached hydrogens (tertiary/aromatic N) is 2. The van der Waals surface area contributed by atoms with E-state index < -0.39 is 0 Å². The van der Waals surface area contributed by atoms with Crippen molar-refractivity contribution in [3.05, 3.63) is 59.4 Å². The van der Waals surface area contributed by atoms with E-state index in [2.05, 4.69) is 15.6 Å². The minimum Gasteiger partial charge on any atom is -0.351 e. The van der Waals surface area contributed by atoms with Crippen LogP contribution in [0.4, 0.5) is 0 Å². The monoisotopic (exact) mass is 300 g/mol. The molecule has 1 amide bonds. The van der Waals surface area contributed by atoms with Crippen molar-refractivity contribution in [2.45, 2.75) is 13.1 Å². The lowest BCUT2D eigenvalue weighted by atomic mass is 10.2. The molecule has 0 aliphatic rings. The van der Waals surface area contributed by atoms with E-state index in [0.717, 1.165) is 16.2 Å². The summed E-state index contributed by atoms with van der Waals surface area (Å²) in [5.74, 6) is -0.0140. The Labute approximate surface area is 126 Å². The van der Waals surface area contributed by atoms with Gasteiger partial charge >= 0.3 is 0 Å². The fourth-order valence-electron chi connectivity index (χ4n) is 2.02. The average molecular weight is 300 g/mol. The molecule has 2 heterocycles. The summed E-state index contributed by atoms with van der Waals surface area (Å²) in [6, 6.07) is 9.87. The van der Waals surface area contributed by atoms with Crippen molar-refractivity contribution < 1.29 is 4.79 Å². The van der Waals surface area contributed by atoms with Crippen LogP contribution in [0.3, 0.4) is 0 Å². The fourth-order valence-corrected chi connectivity index (χ4v) is 2.74. The van der Waals surface area contributed by atoms with Crippen LogP contribution < -0.4 is 10.6 Å². The second-order valence-electron chi connectivity index (χ2n) is 4.69. The maximum atomic E-state index is 11.7. The van der Waals surface area contributed by atoms with E-state index >= 15 is 0 Å². The van der Waals surface area contributed by atoms with Crippen LogP contribution >= 0.6 is 11.3 Å². The zero-order chi connectivity index (χ0) is 14.5. The number of thiazole rings is 1. The van der Waals surface area contributed by atoms with Crippen molar-refractivity contribution in [3.63, 3.8) is 0 Å². The van der Waals surface area contributed by atoms with Crippen LogP contribution in [-0.4, -0.2) is 21.8 Å². The summed E-state index contributed by atoms with van der Waals surface area (Å²) in [4.78, 5) is 17.2. The molecule has 0 aliphatic heterocycles. The van der Waals surface area contributed by atoms with Crippen molar-refractivity contribution in [1.29, 1.82) is 0 Å². The summed E-state index contributed by atoms with van der Waals surface area (Å²) in [5, 5.41) is 7.98. The van der Waals surface area contributed by atoms with Crippen molar-refractivity contribution in [2.24, 2.45) is 0 Å². The maximum Gasteiger partial charge on any atom is 0.234 e. The Morgan fingerprint density at radius 2 is 2.10 bits per heavy atom. The number of amides is 1. The van der Waals surface area contributed by atoms with Gasteiger partial charge in [-0.2, -0.15) is 0 Å². The van der Waals surface area contributed by atoms with Gasteiger partial charge in [-0.1, -0.05) is 30.3 Å². The summed E-state index contributed by atoms with van der Waals surface area (Å²) in [6.07, 6.45) is 3.95. The number of carbonyl (C=O) groups excluding carboxylic acids is 1. The minimum atomic E-state index is -0.0140. The molecule has 0 unspecified atom stereocenters. The number of fused-ring (bicyclic) bond motifs is 1. The molecule has 2 aromatic heterocycles. The van der Waals surface area contributed by atoms with E-state index in [1.54, 1.807) is 11.3 Å². The van der Waals surface area contributed by atoms with Crippen molar-refractivity contribution in [2.75, 3.05) is 6.54 Å². The Kier molecular flexibility index (Phi) is 4.28. The van der Waals surface area contributed by atoms with Gasteiger partial charge in [0.05, 0.1) is 12.2 Å². The Morgan fingerprint density at radius 3 is 2.90 bits per heavy atom. The summed E-state index contributed by atoms with van der Waals surface area (Å²) in [7, 11) is 0. The molecule has 5 nitrogen and oxygen atoms in total.